The lowest BCUT2D eigenvalue weighted by atomic mass is 10.2. The Balaban J connectivity index is 1.73. The van der Waals surface area contributed by atoms with E-state index in [1.165, 1.54) is 11.8 Å². The minimum atomic E-state index is -0.0136. The molecule has 1 aromatic heterocycles. The van der Waals surface area contributed by atoms with Crippen LogP contribution in [0.25, 0.3) is 0 Å². The van der Waals surface area contributed by atoms with Gasteiger partial charge in [-0.3, -0.25) is 4.79 Å². The van der Waals surface area contributed by atoms with E-state index in [1.54, 1.807) is 4.68 Å². The van der Waals surface area contributed by atoms with Gasteiger partial charge in [-0.05, 0) is 28.0 Å². The first kappa shape index (κ1) is 17.7. The zero-order chi connectivity index (χ0) is 16.7. The summed E-state index contributed by atoms with van der Waals surface area (Å²) < 4.78 is 1.77. The van der Waals surface area contributed by atoms with Crippen LogP contribution >= 0.6 is 23.4 Å². The topological polar surface area (TPSA) is 72.7 Å². The molecule has 0 fully saturated rings. The highest BCUT2D eigenvalue weighted by Gasteiger charge is 2.10. The van der Waals surface area contributed by atoms with Crippen LogP contribution in [0.5, 0.6) is 0 Å². The molecule has 0 spiro atoms. The maximum atomic E-state index is 11.9. The van der Waals surface area contributed by atoms with Crippen LogP contribution in [-0.4, -0.2) is 31.9 Å². The van der Waals surface area contributed by atoms with Gasteiger partial charge in [-0.2, -0.15) is 0 Å². The molecule has 0 bridgehead atoms. The third-order valence-electron chi connectivity index (χ3n) is 3.03. The average Bonchev–Trinajstić information content (AvgIpc) is 2.93. The summed E-state index contributed by atoms with van der Waals surface area (Å²) in [4.78, 5) is 11.9. The first-order valence-corrected chi connectivity index (χ1v) is 8.81. The summed E-state index contributed by atoms with van der Waals surface area (Å²) >= 11 is 7.55. The van der Waals surface area contributed by atoms with Crippen molar-refractivity contribution in [3.63, 3.8) is 0 Å². The van der Waals surface area contributed by atoms with E-state index in [4.69, 9.17) is 11.6 Å². The number of carbonyl (C=O) groups excluding carboxylic acids is 1. The second-order valence-electron chi connectivity index (χ2n) is 5.50. The summed E-state index contributed by atoms with van der Waals surface area (Å²) in [6, 6.07) is 7.48. The van der Waals surface area contributed by atoms with Crippen molar-refractivity contribution in [3.8, 4) is 0 Å². The number of benzene rings is 1. The SMILES string of the molecule is CC(C)Cn1nnnc1SCCC(=O)NCc1ccccc1Cl. The Morgan fingerprint density at radius 3 is 2.91 bits per heavy atom. The second-order valence-corrected chi connectivity index (χ2v) is 6.97. The zero-order valence-corrected chi connectivity index (χ0v) is 14.8. The Bertz CT molecular complexity index is 646. The molecular formula is C15H20ClN5OS. The Labute approximate surface area is 145 Å². The van der Waals surface area contributed by atoms with Crippen LogP contribution in [0.3, 0.4) is 0 Å². The number of carbonyl (C=O) groups is 1. The maximum absolute atomic E-state index is 11.9. The highest BCUT2D eigenvalue weighted by Crippen LogP contribution is 2.16. The molecule has 8 heteroatoms. The minimum Gasteiger partial charge on any atom is -0.352 e. The average molecular weight is 354 g/mol. The van der Waals surface area contributed by atoms with Gasteiger partial charge in [0.2, 0.25) is 11.1 Å². The number of aromatic nitrogens is 4. The summed E-state index contributed by atoms with van der Waals surface area (Å²) in [6.45, 7) is 5.43. The molecule has 0 aliphatic rings. The summed E-state index contributed by atoms with van der Waals surface area (Å²) in [6.07, 6.45) is 0.406. The van der Waals surface area contributed by atoms with E-state index in [0.717, 1.165) is 17.3 Å². The van der Waals surface area contributed by atoms with Crippen LogP contribution in [0, 0.1) is 5.92 Å². The Hall–Kier alpha value is -1.60. The van der Waals surface area contributed by atoms with Gasteiger partial charge in [-0.15, -0.1) is 5.10 Å². The van der Waals surface area contributed by atoms with Crippen molar-refractivity contribution in [1.82, 2.24) is 25.5 Å². The molecule has 1 aromatic carbocycles. The molecule has 124 valence electrons. The Kier molecular flexibility index (Phi) is 6.85. The van der Waals surface area contributed by atoms with Crippen molar-refractivity contribution in [2.24, 2.45) is 5.92 Å². The molecule has 0 saturated carbocycles. The van der Waals surface area contributed by atoms with E-state index in [0.29, 0.717) is 29.7 Å². The first-order valence-electron chi connectivity index (χ1n) is 7.45. The van der Waals surface area contributed by atoms with Crippen LogP contribution in [0.4, 0.5) is 0 Å². The summed E-state index contributed by atoms with van der Waals surface area (Å²) in [5.74, 6) is 1.09. The molecule has 1 N–H and O–H groups in total. The van der Waals surface area contributed by atoms with Crippen LogP contribution in [0.15, 0.2) is 29.4 Å². The molecule has 2 aromatic rings. The number of hydrogen-bond acceptors (Lipinski definition) is 5. The van der Waals surface area contributed by atoms with Crippen LogP contribution in [-0.2, 0) is 17.9 Å². The summed E-state index contributed by atoms with van der Waals surface area (Å²) in [7, 11) is 0. The van der Waals surface area contributed by atoms with Gasteiger partial charge >= 0.3 is 0 Å². The maximum Gasteiger partial charge on any atom is 0.221 e. The number of nitrogens with zero attached hydrogens (tertiary/aromatic N) is 4. The van der Waals surface area contributed by atoms with Crippen LogP contribution < -0.4 is 5.32 Å². The third kappa shape index (κ3) is 5.84. The number of thioether (sulfide) groups is 1. The highest BCUT2D eigenvalue weighted by atomic mass is 35.5. The number of hydrogen-bond donors (Lipinski definition) is 1. The largest absolute Gasteiger partial charge is 0.352 e. The van der Waals surface area contributed by atoms with Gasteiger partial charge in [0.15, 0.2) is 0 Å². The lowest BCUT2D eigenvalue weighted by Gasteiger charge is -2.08. The minimum absolute atomic E-state index is 0.0136. The van der Waals surface area contributed by atoms with Crippen molar-refractivity contribution in [2.75, 3.05) is 5.75 Å². The standard InChI is InChI=1S/C15H20ClN5OS/c1-11(2)10-21-15(18-19-20-21)23-8-7-14(22)17-9-12-5-3-4-6-13(12)16/h3-6,11H,7-10H2,1-2H3,(H,17,22). The Morgan fingerprint density at radius 2 is 2.17 bits per heavy atom. The lowest BCUT2D eigenvalue weighted by Crippen LogP contribution is -2.23. The fourth-order valence-corrected chi connectivity index (χ4v) is 2.95. The number of halogens is 1. The van der Waals surface area contributed by atoms with E-state index >= 15 is 0 Å². The van der Waals surface area contributed by atoms with Gasteiger partial charge in [-0.1, -0.05) is 55.4 Å². The number of tetrazole rings is 1. The fraction of sp³-hybridized carbons (Fsp3) is 0.467. The normalized spacial score (nSPS) is 11.0. The van der Waals surface area contributed by atoms with E-state index in [9.17, 15) is 4.79 Å². The molecule has 2 rings (SSSR count). The molecule has 0 aliphatic heterocycles. The quantitative estimate of drug-likeness (QED) is 0.739. The zero-order valence-electron chi connectivity index (χ0n) is 13.2. The van der Waals surface area contributed by atoms with Crippen LogP contribution in [0.1, 0.15) is 25.8 Å². The lowest BCUT2D eigenvalue weighted by molar-refractivity contribution is -0.120. The predicted molar refractivity (Wildman–Crippen MR) is 91.3 cm³/mol. The van der Waals surface area contributed by atoms with E-state index in [2.05, 4.69) is 34.7 Å². The molecule has 0 aliphatic carbocycles. The smallest absolute Gasteiger partial charge is 0.221 e. The molecule has 0 atom stereocenters. The summed E-state index contributed by atoms with van der Waals surface area (Å²) in [5.41, 5.74) is 0.913. The Morgan fingerprint density at radius 1 is 1.39 bits per heavy atom. The second kappa shape index (κ2) is 8.88. The molecule has 6 nitrogen and oxygen atoms in total. The van der Waals surface area contributed by atoms with Crippen molar-refractivity contribution in [1.29, 1.82) is 0 Å². The van der Waals surface area contributed by atoms with Gasteiger partial charge in [-0.25, -0.2) is 4.68 Å². The van der Waals surface area contributed by atoms with E-state index < -0.39 is 0 Å². The molecular weight excluding hydrogens is 334 g/mol. The number of nitrogens with one attached hydrogen (secondary N) is 1. The van der Waals surface area contributed by atoms with E-state index in [-0.39, 0.29) is 5.91 Å². The summed E-state index contributed by atoms with van der Waals surface area (Å²) in [5, 5.41) is 15.9. The van der Waals surface area contributed by atoms with Gasteiger partial charge < -0.3 is 5.32 Å². The van der Waals surface area contributed by atoms with Gasteiger partial charge in [0.25, 0.3) is 0 Å². The number of rotatable bonds is 8. The monoisotopic (exact) mass is 353 g/mol. The molecule has 0 saturated heterocycles. The molecule has 1 heterocycles. The first-order chi connectivity index (χ1) is 11.1. The molecule has 1 amide bonds. The molecule has 23 heavy (non-hydrogen) atoms. The molecule has 0 radical (unpaired) electrons. The highest BCUT2D eigenvalue weighted by molar-refractivity contribution is 7.99. The van der Waals surface area contributed by atoms with Crippen LogP contribution in [0.2, 0.25) is 5.02 Å². The van der Waals surface area contributed by atoms with E-state index in [1.807, 2.05) is 24.3 Å². The van der Waals surface area contributed by atoms with Gasteiger partial charge in [0.1, 0.15) is 0 Å². The molecule has 0 unspecified atom stereocenters. The van der Waals surface area contributed by atoms with Crippen molar-refractivity contribution < 1.29 is 4.79 Å². The van der Waals surface area contributed by atoms with Crippen molar-refractivity contribution in [2.45, 2.75) is 38.5 Å². The van der Waals surface area contributed by atoms with Gasteiger partial charge in [0, 0.05) is 30.3 Å². The van der Waals surface area contributed by atoms with Crippen molar-refractivity contribution >= 4 is 29.3 Å². The third-order valence-corrected chi connectivity index (χ3v) is 4.36. The van der Waals surface area contributed by atoms with Gasteiger partial charge in [0.05, 0.1) is 0 Å². The van der Waals surface area contributed by atoms with Crippen molar-refractivity contribution in [3.05, 3.63) is 34.9 Å². The number of amides is 1. The predicted octanol–water partition coefficient (Wildman–Crippen LogP) is 2.78. The fourth-order valence-electron chi connectivity index (χ4n) is 1.92.